The Kier molecular flexibility index (Phi) is 4.63. The Morgan fingerprint density at radius 1 is 0.857 bits per heavy atom. The molecule has 0 radical (unpaired) electrons. The fourth-order valence-corrected chi connectivity index (χ4v) is 2.29. The average Bonchev–Trinajstić information content (AvgIpc) is 2.39. The quantitative estimate of drug-likeness (QED) is 0.891. The fraction of sp³-hybridized carbons (Fsp3) is 0.278. The van der Waals surface area contributed by atoms with Crippen LogP contribution in [-0.4, -0.2) is 12.5 Å². The van der Waals surface area contributed by atoms with Crippen molar-refractivity contribution in [2.75, 3.05) is 17.2 Å². The normalized spacial score (nSPS) is 10.3. The molecule has 0 fully saturated rings. The van der Waals surface area contributed by atoms with Crippen LogP contribution in [-0.2, 0) is 4.79 Å². The number of carbonyl (C=O) groups excluding carboxylic acids is 1. The van der Waals surface area contributed by atoms with Gasteiger partial charge >= 0.3 is 0 Å². The van der Waals surface area contributed by atoms with Crippen molar-refractivity contribution >= 4 is 17.3 Å². The van der Waals surface area contributed by atoms with Gasteiger partial charge in [-0.15, -0.1) is 0 Å². The molecule has 1 amide bonds. The largest absolute Gasteiger partial charge is 0.376 e. The van der Waals surface area contributed by atoms with Gasteiger partial charge in [0.1, 0.15) is 0 Å². The highest BCUT2D eigenvalue weighted by atomic mass is 16.1. The Balaban J connectivity index is 1.94. The van der Waals surface area contributed by atoms with Crippen molar-refractivity contribution in [3.63, 3.8) is 0 Å². The third kappa shape index (κ3) is 4.35. The summed E-state index contributed by atoms with van der Waals surface area (Å²) in [7, 11) is 0. The SMILES string of the molecule is Cc1cc(C)cc(NC(=O)CNc2ccc(C)c(C)c2)c1. The summed E-state index contributed by atoms with van der Waals surface area (Å²) in [6, 6.07) is 12.1. The van der Waals surface area contributed by atoms with Crippen molar-refractivity contribution < 1.29 is 4.79 Å². The first-order chi connectivity index (χ1) is 9.94. The maximum atomic E-state index is 12.0. The molecule has 0 heterocycles. The molecule has 0 saturated carbocycles. The van der Waals surface area contributed by atoms with E-state index in [1.807, 2.05) is 32.0 Å². The molecule has 2 rings (SSSR count). The summed E-state index contributed by atoms with van der Waals surface area (Å²) in [6.45, 7) is 8.45. The molecule has 0 aliphatic rings. The zero-order chi connectivity index (χ0) is 15.4. The molecule has 0 spiro atoms. The Hall–Kier alpha value is -2.29. The zero-order valence-electron chi connectivity index (χ0n) is 13.1. The van der Waals surface area contributed by atoms with Gasteiger partial charge in [0.2, 0.25) is 5.91 Å². The number of carbonyl (C=O) groups is 1. The van der Waals surface area contributed by atoms with Gasteiger partial charge in [0.05, 0.1) is 6.54 Å². The molecular weight excluding hydrogens is 260 g/mol. The van der Waals surface area contributed by atoms with E-state index in [1.165, 1.54) is 11.1 Å². The maximum absolute atomic E-state index is 12.0. The smallest absolute Gasteiger partial charge is 0.243 e. The highest BCUT2D eigenvalue weighted by molar-refractivity contribution is 5.93. The minimum absolute atomic E-state index is 0.0433. The number of nitrogens with one attached hydrogen (secondary N) is 2. The van der Waals surface area contributed by atoms with Gasteiger partial charge in [-0.25, -0.2) is 0 Å². The Morgan fingerprint density at radius 3 is 2.14 bits per heavy atom. The second-order valence-electron chi connectivity index (χ2n) is 5.58. The second-order valence-corrected chi connectivity index (χ2v) is 5.58. The van der Waals surface area contributed by atoms with Crippen molar-refractivity contribution in [2.45, 2.75) is 27.7 Å². The van der Waals surface area contributed by atoms with Crippen LogP contribution in [0, 0.1) is 27.7 Å². The summed E-state index contributed by atoms with van der Waals surface area (Å²) in [6.07, 6.45) is 0. The van der Waals surface area contributed by atoms with Crippen LogP contribution in [0.1, 0.15) is 22.3 Å². The molecule has 2 aromatic carbocycles. The molecule has 21 heavy (non-hydrogen) atoms. The van der Waals surface area contributed by atoms with Crippen LogP contribution in [0.4, 0.5) is 11.4 Å². The third-order valence-electron chi connectivity index (χ3n) is 3.47. The van der Waals surface area contributed by atoms with Gasteiger partial charge in [-0.3, -0.25) is 4.79 Å². The number of benzene rings is 2. The first kappa shape index (κ1) is 15.1. The second kappa shape index (κ2) is 6.44. The lowest BCUT2D eigenvalue weighted by Crippen LogP contribution is -2.21. The Labute approximate surface area is 126 Å². The van der Waals surface area contributed by atoms with Crippen molar-refractivity contribution in [2.24, 2.45) is 0 Å². The van der Waals surface area contributed by atoms with E-state index in [9.17, 15) is 4.79 Å². The molecule has 0 unspecified atom stereocenters. The first-order valence-electron chi connectivity index (χ1n) is 7.13. The van der Waals surface area contributed by atoms with Crippen LogP contribution in [0.25, 0.3) is 0 Å². The van der Waals surface area contributed by atoms with Gasteiger partial charge in [0.15, 0.2) is 0 Å². The van der Waals surface area contributed by atoms with Gasteiger partial charge < -0.3 is 10.6 Å². The highest BCUT2D eigenvalue weighted by Crippen LogP contribution is 2.15. The molecule has 0 aliphatic heterocycles. The number of hydrogen-bond donors (Lipinski definition) is 2. The van der Waals surface area contributed by atoms with E-state index in [0.717, 1.165) is 22.5 Å². The van der Waals surface area contributed by atoms with E-state index in [4.69, 9.17) is 0 Å². The van der Waals surface area contributed by atoms with Gasteiger partial charge in [0.25, 0.3) is 0 Å². The number of amides is 1. The molecular formula is C18H22N2O. The fourth-order valence-electron chi connectivity index (χ4n) is 2.29. The summed E-state index contributed by atoms with van der Waals surface area (Å²) in [5, 5.41) is 6.07. The number of anilines is 2. The number of hydrogen-bond acceptors (Lipinski definition) is 2. The maximum Gasteiger partial charge on any atom is 0.243 e. The molecule has 3 nitrogen and oxygen atoms in total. The van der Waals surface area contributed by atoms with Crippen LogP contribution in [0.2, 0.25) is 0 Å². The topological polar surface area (TPSA) is 41.1 Å². The lowest BCUT2D eigenvalue weighted by Gasteiger charge is -2.10. The molecule has 0 saturated heterocycles. The monoisotopic (exact) mass is 282 g/mol. The number of aryl methyl sites for hydroxylation is 4. The zero-order valence-corrected chi connectivity index (χ0v) is 13.1. The van der Waals surface area contributed by atoms with Crippen LogP contribution in [0.5, 0.6) is 0 Å². The van der Waals surface area contributed by atoms with Crippen LogP contribution in [0.3, 0.4) is 0 Å². The molecule has 110 valence electrons. The Bertz CT molecular complexity index is 642. The molecule has 0 aromatic heterocycles. The van der Waals surface area contributed by atoms with Crippen molar-refractivity contribution in [1.82, 2.24) is 0 Å². The van der Waals surface area contributed by atoms with Crippen molar-refractivity contribution in [3.8, 4) is 0 Å². The average molecular weight is 282 g/mol. The van der Waals surface area contributed by atoms with Crippen molar-refractivity contribution in [3.05, 3.63) is 58.7 Å². The molecule has 0 atom stereocenters. The lowest BCUT2D eigenvalue weighted by atomic mass is 10.1. The van der Waals surface area contributed by atoms with E-state index in [1.54, 1.807) is 0 Å². The van der Waals surface area contributed by atoms with Crippen LogP contribution >= 0.6 is 0 Å². The van der Waals surface area contributed by atoms with Gasteiger partial charge in [-0.1, -0.05) is 12.1 Å². The Morgan fingerprint density at radius 2 is 1.52 bits per heavy atom. The van der Waals surface area contributed by atoms with Crippen LogP contribution in [0.15, 0.2) is 36.4 Å². The van der Waals surface area contributed by atoms with Gasteiger partial charge in [-0.05, 0) is 74.2 Å². The summed E-state index contributed by atoms with van der Waals surface area (Å²) in [5.41, 5.74) is 6.57. The minimum Gasteiger partial charge on any atom is -0.376 e. The molecule has 2 N–H and O–H groups in total. The molecule has 3 heteroatoms. The third-order valence-corrected chi connectivity index (χ3v) is 3.47. The summed E-state index contributed by atoms with van der Waals surface area (Å²) < 4.78 is 0. The number of rotatable bonds is 4. The summed E-state index contributed by atoms with van der Waals surface area (Å²) in [5.74, 6) is -0.0433. The summed E-state index contributed by atoms with van der Waals surface area (Å²) >= 11 is 0. The molecule has 0 bridgehead atoms. The van der Waals surface area contributed by atoms with Crippen LogP contribution < -0.4 is 10.6 Å². The standard InChI is InChI=1S/C18H22N2O/c1-12-7-13(2)9-17(8-12)20-18(21)11-19-16-6-5-14(3)15(4)10-16/h5-10,19H,11H2,1-4H3,(H,20,21). The minimum atomic E-state index is -0.0433. The highest BCUT2D eigenvalue weighted by Gasteiger charge is 2.04. The van der Waals surface area contributed by atoms with E-state index in [-0.39, 0.29) is 12.5 Å². The summed E-state index contributed by atoms with van der Waals surface area (Å²) in [4.78, 5) is 12.0. The molecule has 2 aromatic rings. The van der Waals surface area contributed by atoms with Gasteiger partial charge in [-0.2, -0.15) is 0 Å². The predicted octanol–water partition coefficient (Wildman–Crippen LogP) is 3.97. The predicted molar refractivity (Wildman–Crippen MR) is 89.0 cm³/mol. The van der Waals surface area contributed by atoms with E-state index in [2.05, 4.69) is 42.7 Å². The lowest BCUT2D eigenvalue weighted by molar-refractivity contribution is -0.114. The van der Waals surface area contributed by atoms with Gasteiger partial charge in [0, 0.05) is 11.4 Å². The molecule has 0 aliphatic carbocycles. The van der Waals surface area contributed by atoms with Crippen molar-refractivity contribution in [1.29, 1.82) is 0 Å². The van der Waals surface area contributed by atoms with E-state index >= 15 is 0 Å². The first-order valence-corrected chi connectivity index (χ1v) is 7.13. The van der Waals surface area contributed by atoms with E-state index in [0.29, 0.717) is 0 Å². The van der Waals surface area contributed by atoms with E-state index < -0.39 is 0 Å².